The molecule has 3 rings (SSSR count). The molecule has 21 heavy (non-hydrogen) atoms. The smallest absolute Gasteiger partial charge is 0.233 e. The molecule has 0 radical (unpaired) electrons. The van der Waals surface area contributed by atoms with Gasteiger partial charge in [-0.15, -0.1) is 11.8 Å². The second-order valence-electron chi connectivity index (χ2n) is 5.26. The molecule has 4 nitrogen and oxygen atoms in total. The number of thioether (sulfide) groups is 1. The number of amides is 1. The van der Waals surface area contributed by atoms with Crippen molar-refractivity contribution in [1.82, 2.24) is 9.80 Å². The maximum absolute atomic E-state index is 12.1. The van der Waals surface area contributed by atoms with E-state index in [1.54, 1.807) is 11.8 Å². The summed E-state index contributed by atoms with van der Waals surface area (Å²) in [6.45, 7) is 5.20. The van der Waals surface area contributed by atoms with Gasteiger partial charge in [-0.1, -0.05) is 23.7 Å². The van der Waals surface area contributed by atoms with Crippen LogP contribution in [0.2, 0.25) is 5.02 Å². The number of hydrogen-bond donors (Lipinski definition) is 0. The molecule has 2 saturated heterocycles. The quantitative estimate of drug-likeness (QED) is 0.849. The van der Waals surface area contributed by atoms with Crippen molar-refractivity contribution in [3.05, 3.63) is 34.9 Å². The maximum atomic E-state index is 12.1. The normalized spacial score (nSPS) is 23.8. The van der Waals surface area contributed by atoms with E-state index in [1.165, 1.54) is 0 Å². The highest BCUT2D eigenvalue weighted by Crippen LogP contribution is 2.38. The van der Waals surface area contributed by atoms with Crippen LogP contribution in [-0.4, -0.2) is 60.9 Å². The van der Waals surface area contributed by atoms with E-state index in [0.717, 1.165) is 50.0 Å². The van der Waals surface area contributed by atoms with Gasteiger partial charge in [0, 0.05) is 31.2 Å². The second-order valence-corrected chi connectivity index (χ2v) is 6.76. The Balaban J connectivity index is 1.63. The zero-order chi connectivity index (χ0) is 14.7. The standard InChI is InChI=1S/C15H19ClN2O2S/c16-13-3-1-12(2-4-13)15-18(14(19)11-21-15)6-5-17-7-9-20-10-8-17/h1-4,15H,5-11H2/t15-/m1/s1. The topological polar surface area (TPSA) is 32.8 Å². The monoisotopic (exact) mass is 326 g/mol. The van der Waals surface area contributed by atoms with Gasteiger partial charge in [0.05, 0.1) is 19.0 Å². The zero-order valence-corrected chi connectivity index (χ0v) is 13.4. The van der Waals surface area contributed by atoms with Crippen molar-refractivity contribution in [2.75, 3.05) is 45.1 Å². The molecule has 2 aliphatic heterocycles. The lowest BCUT2D eigenvalue weighted by Gasteiger charge is -2.30. The van der Waals surface area contributed by atoms with Crippen molar-refractivity contribution in [2.45, 2.75) is 5.37 Å². The SMILES string of the molecule is O=C1CS[C@H](c2ccc(Cl)cc2)N1CCN1CCOCC1. The highest BCUT2D eigenvalue weighted by molar-refractivity contribution is 8.00. The van der Waals surface area contributed by atoms with Crippen LogP contribution in [0.25, 0.3) is 0 Å². The molecule has 0 N–H and O–H groups in total. The predicted molar refractivity (Wildman–Crippen MR) is 85.6 cm³/mol. The van der Waals surface area contributed by atoms with E-state index in [4.69, 9.17) is 16.3 Å². The molecule has 0 aromatic heterocycles. The number of nitrogens with zero attached hydrogens (tertiary/aromatic N) is 2. The minimum Gasteiger partial charge on any atom is -0.379 e. The molecule has 0 unspecified atom stereocenters. The lowest BCUT2D eigenvalue weighted by Crippen LogP contribution is -2.42. The summed E-state index contributed by atoms with van der Waals surface area (Å²) in [5.74, 6) is 0.796. The van der Waals surface area contributed by atoms with E-state index in [0.29, 0.717) is 5.75 Å². The summed E-state index contributed by atoms with van der Waals surface area (Å²) >= 11 is 7.63. The van der Waals surface area contributed by atoms with Crippen molar-refractivity contribution in [3.8, 4) is 0 Å². The number of halogens is 1. The second kappa shape index (κ2) is 7.01. The van der Waals surface area contributed by atoms with Crippen LogP contribution in [0.4, 0.5) is 0 Å². The molecule has 0 aliphatic carbocycles. The highest BCUT2D eigenvalue weighted by Gasteiger charge is 2.32. The largest absolute Gasteiger partial charge is 0.379 e. The summed E-state index contributed by atoms with van der Waals surface area (Å²) in [5, 5.41) is 0.851. The zero-order valence-electron chi connectivity index (χ0n) is 11.8. The molecule has 0 bridgehead atoms. The van der Waals surface area contributed by atoms with E-state index in [-0.39, 0.29) is 11.3 Å². The Bertz CT molecular complexity index is 491. The number of carbonyl (C=O) groups excluding carboxylic acids is 1. The Labute approximate surface area is 134 Å². The number of carbonyl (C=O) groups is 1. The van der Waals surface area contributed by atoms with Crippen LogP contribution in [0, 0.1) is 0 Å². The fraction of sp³-hybridized carbons (Fsp3) is 0.533. The average molecular weight is 327 g/mol. The number of morpholine rings is 1. The van der Waals surface area contributed by atoms with E-state index in [2.05, 4.69) is 4.90 Å². The van der Waals surface area contributed by atoms with E-state index in [9.17, 15) is 4.79 Å². The first-order valence-electron chi connectivity index (χ1n) is 7.21. The van der Waals surface area contributed by atoms with Crippen LogP contribution in [0.5, 0.6) is 0 Å². The molecule has 1 aromatic rings. The lowest BCUT2D eigenvalue weighted by molar-refractivity contribution is -0.128. The fourth-order valence-corrected chi connectivity index (χ4v) is 4.02. The molecule has 6 heteroatoms. The molecule has 114 valence electrons. The first-order valence-corrected chi connectivity index (χ1v) is 8.63. The summed E-state index contributed by atoms with van der Waals surface area (Å²) in [6.07, 6.45) is 0. The van der Waals surface area contributed by atoms with Crippen LogP contribution < -0.4 is 0 Å². The molecule has 1 atom stereocenters. The molecule has 2 heterocycles. The van der Waals surface area contributed by atoms with Crippen molar-refractivity contribution in [3.63, 3.8) is 0 Å². The van der Waals surface area contributed by atoms with Crippen molar-refractivity contribution < 1.29 is 9.53 Å². The van der Waals surface area contributed by atoms with Gasteiger partial charge in [0.15, 0.2) is 0 Å². The Kier molecular flexibility index (Phi) is 5.06. The van der Waals surface area contributed by atoms with Crippen molar-refractivity contribution >= 4 is 29.3 Å². The van der Waals surface area contributed by atoms with Gasteiger partial charge in [-0.25, -0.2) is 0 Å². The number of hydrogen-bond acceptors (Lipinski definition) is 4. The summed E-state index contributed by atoms with van der Waals surface area (Å²) in [7, 11) is 0. The third kappa shape index (κ3) is 3.72. The van der Waals surface area contributed by atoms with E-state index < -0.39 is 0 Å². The van der Waals surface area contributed by atoms with Crippen LogP contribution >= 0.6 is 23.4 Å². The lowest BCUT2D eigenvalue weighted by atomic mass is 10.2. The first kappa shape index (κ1) is 15.2. The molecule has 1 amide bonds. The van der Waals surface area contributed by atoms with Gasteiger partial charge in [0.25, 0.3) is 0 Å². The van der Waals surface area contributed by atoms with Gasteiger partial charge in [-0.05, 0) is 17.7 Å². The minimum atomic E-state index is 0.121. The summed E-state index contributed by atoms with van der Waals surface area (Å²) in [4.78, 5) is 16.5. The number of benzene rings is 1. The Morgan fingerprint density at radius 2 is 1.90 bits per heavy atom. The maximum Gasteiger partial charge on any atom is 0.233 e. The van der Waals surface area contributed by atoms with Gasteiger partial charge >= 0.3 is 0 Å². The summed E-state index contributed by atoms with van der Waals surface area (Å²) in [6, 6.07) is 7.81. The van der Waals surface area contributed by atoms with Crippen molar-refractivity contribution in [2.24, 2.45) is 0 Å². The van der Waals surface area contributed by atoms with Crippen molar-refractivity contribution in [1.29, 1.82) is 0 Å². The Morgan fingerprint density at radius 3 is 2.62 bits per heavy atom. The predicted octanol–water partition coefficient (Wildman–Crippen LogP) is 2.25. The molecular formula is C15H19ClN2O2S. The van der Waals surface area contributed by atoms with Gasteiger partial charge < -0.3 is 9.64 Å². The van der Waals surface area contributed by atoms with Crippen LogP contribution in [-0.2, 0) is 9.53 Å². The van der Waals surface area contributed by atoms with Gasteiger partial charge in [0.2, 0.25) is 5.91 Å². The fourth-order valence-electron chi connectivity index (χ4n) is 2.67. The number of rotatable bonds is 4. The Hall–Kier alpha value is -0.750. The first-order chi connectivity index (χ1) is 10.2. The average Bonchev–Trinajstić information content (AvgIpc) is 2.88. The molecule has 2 aliphatic rings. The van der Waals surface area contributed by atoms with Gasteiger partial charge in [-0.3, -0.25) is 9.69 Å². The molecule has 1 aromatic carbocycles. The van der Waals surface area contributed by atoms with Crippen LogP contribution in [0.1, 0.15) is 10.9 Å². The van der Waals surface area contributed by atoms with Crippen LogP contribution in [0.15, 0.2) is 24.3 Å². The number of ether oxygens (including phenoxy) is 1. The third-order valence-electron chi connectivity index (χ3n) is 3.88. The van der Waals surface area contributed by atoms with E-state index in [1.807, 2.05) is 29.2 Å². The minimum absolute atomic E-state index is 0.121. The Morgan fingerprint density at radius 1 is 1.19 bits per heavy atom. The summed E-state index contributed by atoms with van der Waals surface area (Å²) < 4.78 is 5.36. The molecular weight excluding hydrogens is 308 g/mol. The van der Waals surface area contributed by atoms with Crippen LogP contribution in [0.3, 0.4) is 0 Å². The highest BCUT2D eigenvalue weighted by atomic mass is 35.5. The van der Waals surface area contributed by atoms with Gasteiger partial charge in [-0.2, -0.15) is 0 Å². The van der Waals surface area contributed by atoms with Gasteiger partial charge in [0.1, 0.15) is 5.37 Å². The summed E-state index contributed by atoms with van der Waals surface area (Å²) in [5.41, 5.74) is 1.15. The molecule has 2 fully saturated rings. The molecule has 0 spiro atoms. The van der Waals surface area contributed by atoms with E-state index >= 15 is 0 Å². The third-order valence-corrected chi connectivity index (χ3v) is 5.39. The molecule has 0 saturated carbocycles.